The van der Waals surface area contributed by atoms with Crippen LogP contribution in [0.4, 0.5) is 5.69 Å². The average molecular weight is 348 g/mol. The molecular weight excluding hydrogens is 326 g/mol. The van der Waals surface area contributed by atoms with Crippen molar-refractivity contribution in [3.8, 4) is 5.75 Å². The number of nitrogens with one attached hydrogen (secondary N) is 2. The van der Waals surface area contributed by atoms with E-state index in [-0.39, 0.29) is 19.0 Å². The molecule has 0 aliphatic rings. The normalized spacial score (nSPS) is 10.6. The number of anilines is 1. The van der Waals surface area contributed by atoms with Crippen LogP contribution in [0.1, 0.15) is 0 Å². The predicted octanol–water partition coefficient (Wildman–Crippen LogP) is 2.81. The summed E-state index contributed by atoms with van der Waals surface area (Å²) in [5.41, 5.74) is 2.97. The van der Waals surface area contributed by atoms with Crippen LogP contribution in [0.3, 0.4) is 0 Å². The summed E-state index contributed by atoms with van der Waals surface area (Å²) in [7, 11) is 1.67. The number of fused-ring (bicyclic) bond motifs is 2. The molecule has 0 saturated carbocycles. The molecule has 0 amide bonds. The lowest BCUT2D eigenvalue weighted by Crippen LogP contribution is -2.25. The quantitative estimate of drug-likeness (QED) is 0.453. The van der Waals surface area contributed by atoms with Crippen molar-refractivity contribution in [3.63, 3.8) is 0 Å². The number of halogens is 1. The van der Waals surface area contributed by atoms with Gasteiger partial charge < -0.3 is 20.5 Å². The lowest BCUT2D eigenvalue weighted by Gasteiger charge is -2.14. The van der Waals surface area contributed by atoms with E-state index in [0.717, 1.165) is 46.3 Å². The van der Waals surface area contributed by atoms with Gasteiger partial charge in [-0.25, -0.2) is 4.98 Å². The molecule has 0 bridgehead atoms. The smallest absolute Gasteiger partial charge is 0.119 e. The lowest BCUT2D eigenvalue weighted by atomic mass is 10.1. The number of rotatable bonds is 7. The highest BCUT2D eigenvalue weighted by atomic mass is 35.5. The van der Waals surface area contributed by atoms with Gasteiger partial charge in [0.15, 0.2) is 0 Å². The number of hydrogen-bond acceptors (Lipinski definition) is 5. The molecule has 1 aromatic heterocycles. The van der Waals surface area contributed by atoms with Crippen LogP contribution in [0.5, 0.6) is 5.75 Å². The van der Waals surface area contributed by atoms with Gasteiger partial charge in [-0.05, 0) is 24.3 Å². The molecule has 3 N–H and O–H groups in total. The zero-order valence-electron chi connectivity index (χ0n) is 13.6. The van der Waals surface area contributed by atoms with Gasteiger partial charge in [0.05, 0.1) is 30.4 Å². The Kier molecular flexibility index (Phi) is 6.61. The number of pyridine rings is 1. The second-order valence-corrected chi connectivity index (χ2v) is 5.29. The number of aliphatic hydroxyl groups excluding tert-OH is 1. The van der Waals surface area contributed by atoms with Crippen molar-refractivity contribution in [3.05, 3.63) is 42.5 Å². The third kappa shape index (κ3) is 3.87. The largest absolute Gasteiger partial charge is 0.497 e. The van der Waals surface area contributed by atoms with E-state index < -0.39 is 0 Å². The molecule has 0 saturated heterocycles. The summed E-state index contributed by atoms with van der Waals surface area (Å²) in [6.07, 6.45) is 0. The van der Waals surface area contributed by atoms with Crippen molar-refractivity contribution < 1.29 is 9.84 Å². The maximum Gasteiger partial charge on any atom is 0.119 e. The number of aliphatic hydroxyl groups is 1. The van der Waals surface area contributed by atoms with Gasteiger partial charge in [0.1, 0.15) is 5.75 Å². The van der Waals surface area contributed by atoms with Crippen molar-refractivity contribution in [1.82, 2.24) is 10.3 Å². The third-order valence-electron chi connectivity index (χ3n) is 3.78. The molecule has 1 heterocycles. The first kappa shape index (κ1) is 18.3. The first-order valence-electron chi connectivity index (χ1n) is 7.75. The summed E-state index contributed by atoms with van der Waals surface area (Å²) in [5, 5.41) is 17.6. The minimum Gasteiger partial charge on any atom is -0.497 e. The van der Waals surface area contributed by atoms with Crippen LogP contribution >= 0.6 is 12.4 Å². The number of ether oxygens (including phenoxy) is 1. The summed E-state index contributed by atoms with van der Waals surface area (Å²) in [5.74, 6) is 0.816. The van der Waals surface area contributed by atoms with Crippen molar-refractivity contribution >= 4 is 39.9 Å². The Morgan fingerprint density at radius 3 is 2.58 bits per heavy atom. The van der Waals surface area contributed by atoms with E-state index in [9.17, 15) is 0 Å². The Morgan fingerprint density at radius 2 is 1.79 bits per heavy atom. The predicted molar refractivity (Wildman–Crippen MR) is 101 cm³/mol. The number of hydrogen-bond donors (Lipinski definition) is 3. The van der Waals surface area contributed by atoms with Gasteiger partial charge in [-0.2, -0.15) is 0 Å². The number of benzene rings is 2. The molecule has 0 atom stereocenters. The average Bonchev–Trinajstić information content (AvgIpc) is 2.60. The number of aromatic nitrogens is 1. The van der Waals surface area contributed by atoms with E-state index >= 15 is 0 Å². The Bertz CT molecular complexity index is 811. The highest BCUT2D eigenvalue weighted by Crippen LogP contribution is 2.32. The van der Waals surface area contributed by atoms with E-state index in [1.165, 1.54) is 0 Å². The van der Waals surface area contributed by atoms with Gasteiger partial charge in [-0.15, -0.1) is 12.4 Å². The summed E-state index contributed by atoms with van der Waals surface area (Å²) in [6, 6.07) is 14.0. The third-order valence-corrected chi connectivity index (χ3v) is 3.78. The Balaban J connectivity index is 0.00000208. The molecule has 6 heteroatoms. The Hall–Kier alpha value is -2.08. The Morgan fingerprint density at radius 1 is 1.00 bits per heavy atom. The van der Waals surface area contributed by atoms with Crippen LogP contribution < -0.4 is 15.4 Å². The summed E-state index contributed by atoms with van der Waals surface area (Å²) in [6.45, 7) is 2.30. The zero-order valence-corrected chi connectivity index (χ0v) is 14.4. The van der Waals surface area contributed by atoms with Crippen molar-refractivity contribution in [1.29, 1.82) is 0 Å². The highest BCUT2D eigenvalue weighted by molar-refractivity contribution is 6.07. The van der Waals surface area contributed by atoms with Crippen LogP contribution in [-0.2, 0) is 0 Å². The van der Waals surface area contributed by atoms with Gasteiger partial charge >= 0.3 is 0 Å². The molecule has 5 nitrogen and oxygen atoms in total. The molecular formula is C18H22ClN3O2. The van der Waals surface area contributed by atoms with Crippen molar-refractivity contribution in [2.75, 3.05) is 38.7 Å². The van der Waals surface area contributed by atoms with Crippen molar-refractivity contribution in [2.24, 2.45) is 0 Å². The fraction of sp³-hybridized carbons (Fsp3) is 0.278. The molecule has 24 heavy (non-hydrogen) atoms. The number of para-hydroxylation sites is 1. The SMILES string of the molecule is COc1ccc2nc3ccccc3c(NCCNCCO)c2c1.Cl. The lowest BCUT2D eigenvalue weighted by molar-refractivity contribution is 0.293. The monoisotopic (exact) mass is 347 g/mol. The van der Waals surface area contributed by atoms with Gasteiger partial charge in [0.2, 0.25) is 0 Å². The van der Waals surface area contributed by atoms with Crippen LogP contribution in [0.15, 0.2) is 42.5 Å². The highest BCUT2D eigenvalue weighted by Gasteiger charge is 2.09. The molecule has 2 aromatic carbocycles. The fourth-order valence-corrected chi connectivity index (χ4v) is 2.67. The molecule has 0 spiro atoms. The number of methoxy groups -OCH3 is 1. The molecule has 0 radical (unpaired) electrons. The maximum atomic E-state index is 8.82. The molecule has 0 aliphatic heterocycles. The van der Waals surface area contributed by atoms with Gasteiger partial charge in [-0.1, -0.05) is 18.2 Å². The maximum absolute atomic E-state index is 8.82. The molecule has 128 valence electrons. The van der Waals surface area contributed by atoms with Crippen LogP contribution in [0.2, 0.25) is 0 Å². The molecule has 0 fully saturated rings. The number of nitrogens with zero attached hydrogens (tertiary/aromatic N) is 1. The topological polar surface area (TPSA) is 66.4 Å². The van der Waals surface area contributed by atoms with E-state index in [1.807, 2.05) is 36.4 Å². The Labute approximate surface area is 147 Å². The summed E-state index contributed by atoms with van der Waals surface area (Å²) in [4.78, 5) is 4.73. The minimum absolute atomic E-state index is 0. The minimum atomic E-state index is 0. The van der Waals surface area contributed by atoms with Gasteiger partial charge in [0, 0.05) is 30.4 Å². The molecule has 3 aromatic rings. The zero-order chi connectivity index (χ0) is 16.1. The summed E-state index contributed by atoms with van der Waals surface area (Å²) < 4.78 is 5.35. The first-order valence-corrected chi connectivity index (χ1v) is 7.75. The molecule has 0 aliphatic carbocycles. The van der Waals surface area contributed by atoms with E-state index in [1.54, 1.807) is 7.11 Å². The van der Waals surface area contributed by atoms with Crippen LogP contribution in [0.25, 0.3) is 21.8 Å². The van der Waals surface area contributed by atoms with Crippen molar-refractivity contribution in [2.45, 2.75) is 0 Å². The first-order chi connectivity index (χ1) is 11.3. The van der Waals surface area contributed by atoms with Crippen LogP contribution in [0, 0.1) is 0 Å². The van der Waals surface area contributed by atoms with Crippen LogP contribution in [-0.4, -0.2) is 43.4 Å². The second-order valence-electron chi connectivity index (χ2n) is 5.29. The van der Waals surface area contributed by atoms with Gasteiger partial charge in [-0.3, -0.25) is 0 Å². The van der Waals surface area contributed by atoms with E-state index in [0.29, 0.717) is 6.54 Å². The molecule has 0 unspecified atom stereocenters. The van der Waals surface area contributed by atoms with E-state index in [4.69, 9.17) is 14.8 Å². The van der Waals surface area contributed by atoms with Gasteiger partial charge in [0.25, 0.3) is 0 Å². The second kappa shape index (κ2) is 8.68. The van der Waals surface area contributed by atoms with E-state index in [2.05, 4.69) is 16.7 Å². The fourth-order valence-electron chi connectivity index (χ4n) is 2.67. The standard InChI is InChI=1S/C18H21N3O2.ClH/c1-23-13-6-7-17-15(12-13)18(20-9-8-19-10-11-22)14-4-2-3-5-16(14)21-17;/h2-7,12,19,22H,8-11H2,1H3,(H,20,21);1H. The summed E-state index contributed by atoms with van der Waals surface area (Å²) >= 11 is 0. The molecule has 3 rings (SSSR count).